The molecule has 23 heavy (non-hydrogen) atoms. The first kappa shape index (κ1) is 19.2. The normalized spacial score (nSPS) is 21.7. The molecule has 1 aliphatic rings. The number of rotatable bonds is 6. The molecule has 2 amide bonds. The van der Waals surface area contributed by atoms with E-state index in [9.17, 15) is 19.5 Å². The number of hydrogen-bond donors (Lipinski definition) is 3. The second-order valence-corrected chi connectivity index (χ2v) is 6.82. The Morgan fingerprint density at radius 2 is 1.96 bits per heavy atom. The number of amides is 2. The standard InChI is InChI=1S/C15H27N3O5/c1-14(2,3)23-13(22)17-15(12(20)21)7-9-18(10-15)8-5-6-11(19)16-4/h5-10H2,1-4H3,(H,16,19)(H,17,22)(H,20,21). The molecule has 1 unspecified atom stereocenters. The van der Waals surface area contributed by atoms with Crippen molar-refractivity contribution < 1.29 is 24.2 Å². The molecule has 0 radical (unpaired) electrons. The van der Waals surface area contributed by atoms with Gasteiger partial charge in [-0.2, -0.15) is 0 Å². The molecule has 0 aliphatic carbocycles. The van der Waals surface area contributed by atoms with Gasteiger partial charge < -0.3 is 25.4 Å². The van der Waals surface area contributed by atoms with Crippen LogP contribution >= 0.6 is 0 Å². The van der Waals surface area contributed by atoms with Gasteiger partial charge in [0, 0.05) is 26.6 Å². The molecule has 0 aromatic carbocycles. The van der Waals surface area contributed by atoms with Crippen LogP contribution in [0, 0.1) is 0 Å². The summed E-state index contributed by atoms with van der Waals surface area (Å²) in [6.45, 7) is 6.53. The van der Waals surface area contributed by atoms with Gasteiger partial charge in [0.1, 0.15) is 5.60 Å². The van der Waals surface area contributed by atoms with Crippen LogP contribution in [0.5, 0.6) is 0 Å². The molecule has 0 aromatic rings. The summed E-state index contributed by atoms with van der Waals surface area (Å²) in [5.41, 5.74) is -2.02. The summed E-state index contributed by atoms with van der Waals surface area (Å²) in [5, 5.41) is 14.6. The molecule has 1 rings (SSSR count). The number of carboxylic acids is 1. The van der Waals surface area contributed by atoms with Crippen LogP contribution in [0.3, 0.4) is 0 Å². The summed E-state index contributed by atoms with van der Waals surface area (Å²) in [5.74, 6) is -1.11. The minimum atomic E-state index is -1.34. The summed E-state index contributed by atoms with van der Waals surface area (Å²) >= 11 is 0. The number of aliphatic carboxylic acids is 1. The number of hydrogen-bond acceptors (Lipinski definition) is 5. The van der Waals surface area contributed by atoms with Crippen molar-refractivity contribution in [2.24, 2.45) is 0 Å². The predicted octanol–water partition coefficient (Wildman–Crippen LogP) is 0.566. The van der Waals surface area contributed by atoms with E-state index in [1.54, 1.807) is 27.8 Å². The lowest BCUT2D eigenvalue weighted by Gasteiger charge is -2.28. The Morgan fingerprint density at radius 1 is 1.30 bits per heavy atom. The van der Waals surface area contributed by atoms with Gasteiger partial charge in [0.25, 0.3) is 0 Å². The lowest BCUT2D eigenvalue weighted by molar-refractivity contribution is -0.144. The SMILES string of the molecule is CNC(=O)CCCN1CCC(NC(=O)OC(C)(C)C)(C(=O)O)C1. The van der Waals surface area contributed by atoms with E-state index in [2.05, 4.69) is 10.6 Å². The molecule has 0 saturated carbocycles. The van der Waals surface area contributed by atoms with E-state index in [1.807, 2.05) is 4.90 Å². The van der Waals surface area contributed by atoms with Crippen LogP contribution in [0.15, 0.2) is 0 Å². The molecule has 1 heterocycles. The Balaban J connectivity index is 2.58. The lowest BCUT2D eigenvalue weighted by atomic mass is 9.99. The van der Waals surface area contributed by atoms with E-state index in [1.165, 1.54) is 0 Å². The van der Waals surface area contributed by atoms with Crippen molar-refractivity contribution in [2.75, 3.05) is 26.7 Å². The average molecular weight is 329 g/mol. The Morgan fingerprint density at radius 3 is 2.48 bits per heavy atom. The highest BCUT2D eigenvalue weighted by Gasteiger charge is 2.46. The number of alkyl carbamates (subject to hydrolysis) is 1. The predicted molar refractivity (Wildman–Crippen MR) is 84.1 cm³/mol. The van der Waals surface area contributed by atoms with E-state index >= 15 is 0 Å². The number of carbonyl (C=O) groups is 3. The number of ether oxygens (including phenoxy) is 1. The summed E-state index contributed by atoms with van der Waals surface area (Å²) in [6, 6.07) is 0. The number of nitrogens with one attached hydrogen (secondary N) is 2. The van der Waals surface area contributed by atoms with Crippen molar-refractivity contribution in [3.05, 3.63) is 0 Å². The zero-order valence-electron chi connectivity index (χ0n) is 14.3. The fourth-order valence-electron chi connectivity index (χ4n) is 2.50. The molecule has 8 heteroatoms. The number of nitrogens with zero attached hydrogens (tertiary/aromatic N) is 1. The second-order valence-electron chi connectivity index (χ2n) is 6.82. The van der Waals surface area contributed by atoms with Gasteiger partial charge in [-0.25, -0.2) is 9.59 Å². The third-order valence-corrected chi connectivity index (χ3v) is 3.65. The van der Waals surface area contributed by atoms with E-state index in [0.29, 0.717) is 32.4 Å². The Hall–Kier alpha value is -1.83. The van der Waals surface area contributed by atoms with Crippen LogP contribution in [-0.4, -0.2) is 65.8 Å². The van der Waals surface area contributed by atoms with Gasteiger partial charge >= 0.3 is 12.1 Å². The molecule has 132 valence electrons. The maximum atomic E-state index is 11.9. The van der Waals surface area contributed by atoms with E-state index in [4.69, 9.17) is 4.74 Å². The van der Waals surface area contributed by atoms with Crippen molar-refractivity contribution in [1.29, 1.82) is 0 Å². The van der Waals surface area contributed by atoms with Crippen molar-refractivity contribution in [3.8, 4) is 0 Å². The number of likely N-dealkylation sites (tertiary alicyclic amines) is 1. The quantitative estimate of drug-likeness (QED) is 0.657. The van der Waals surface area contributed by atoms with Crippen LogP contribution in [0.4, 0.5) is 4.79 Å². The van der Waals surface area contributed by atoms with Crippen molar-refractivity contribution >= 4 is 18.0 Å². The molecule has 0 aromatic heterocycles. The van der Waals surface area contributed by atoms with E-state index in [-0.39, 0.29) is 12.5 Å². The summed E-state index contributed by atoms with van der Waals surface area (Å²) < 4.78 is 5.15. The fraction of sp³-hybridized carbons (Fsp3) is 0.800. The summed E-state index contributed by atoms with van der Waals surface area (Å²) in [4.78, 5) is 36.7. The molecule has 1 fully saturated rings. The van der Waals surface area contributed by atoms with Gasteiger partial charge in [-0.15, -0.1) is 0 Å². The third kappa shape index (κ3) is 6.05. The highest BCUT2D eigenvalue weighted by molar-refractivity contribution is 5.85. The van der Waals surface area contributed by atoms with Crippen molar-refractivity contribution in [2.45, 2.75) is 51.2 Å². The summed E-state index contributed by atoms with van der Waals surface area (Å²) in [6.07, 6.45) is 0.614. The Kier molecular flexibility index (Phi) is 6.37. The highest BCUT2D eigenvalue weighted by atomic mass is 16.6. The molecule has 1 aliphatic heterocycles. The second kappa shape index (κ2) is 7.63. The fourth-order valence-corrected chi connectivity index (χ4v) is 2.50. The highest BCUT2D eigenvalue weighted by Crippen LogP contribution is 2.23. The Labute approximate surface area is 136 Å². The van der Waals surface area contributed by atoms with Gasteiger partial charge in [0.2, 0.25) is 5.91 Å². The maximum Gasteiger partial charge on any atom is 0.408 e. The van der Waals surface area contributed by atoms with Crippen LogP contribution in [0.1, 0.15) is 40.0 Å². The summed E-state index contributed by atoms with van der Waals surface area (Å²) in [7, 11) is 1.58. The van der Waals surface area contributed by atoms with Gasteiger partial charge in [0.05, 0.1) is 0 Å². The molecule has 8 nitrogen and oxygen atoms in total. The smallest absolute Gasteiger partial charge is 0.408 e. The molecule has 0 bridgehead atoms. The van der Waals surface area contributed by atoms with Crippen LogP contribution in [-0.2, 0) is 14.3 Å². The number of carboxylic acid groups (broad SMARTS) is 1. The molecule has 1 saturated heterocycles. The van der Waals surface area contributed by atoms with E-state index < -0.39 is 23.2 Å². The minimum Gasteiger partial charge on any atom is -0.479 e. The first-order valence-corrected chi connectivity index (χ1v) is 7.75. The van der Waals surface area contributed by atoms with Crippen LogP contribution < -0.4 is 10.6 Å². The van der Waals surface area contributed by atoms with Crippen molar-refractivity contribution in [1.82, 2.24) is 15.5 Å². The number of carbonyl (C=O) groups excluding carboxylic acids is 2. The van der Waals surface area contributed by atoms with Crippen LogP contribution in [0.25, 0.3) is 0 Å². The molecule has 1 atom stereocenters. The first-order valence-electron chi connectivity index (χ1n) is 7.75. The van der Waals surface area contributed by atoms with Gasteiger partial charge in [0.15, 0.2) is 5.54 Å². The monoisotopic (exact) mass is 329 g/mol. The van der Waals surface area contributed by atoms with Crippen LogP contribution in [0.2, 0.25) is 0 Å². The van der Waals surface area contributed by atoms with E-state index in [0.717, 1.165) is 0 Å². The molecular formula is C15H27N3O5. The average Bonchev–Trinajstić information content (AvgIpc) is 2.80. The van der Waals surface area contributed by atoms with Gasteiger partial charge in [-0.3, -0.25) is 4.79 Å². The zero-order chi connectivity index (χ0) is 17.7. The molecule has 3 N–H and O–H groups in total. The van der Waals surface area contributed by atoms with Crippen molar-refractivity contribution in [3.63, 3.8) is 0 Å². The first-order chi connectivity index (χ1) is 10.6. The zero-order valence-corrected chi connectivity index (χ0v) is 14.3. The van der Waals surface area contributed by atoms with Gasteiger partial charge in [-0.05, 0) is 40.2 Å². The Bertz CT molecular complexity index is 461. The van der Waals surface area contributed by atoms with Gasteiger partial charge in [-0.1, -0.05) is 0 Å². The maximum absolute atomic E-state index is 11.9. The topological polar surface area (TPSA) is 108 Å². The largest absolute Gasteiger partial charge is 0.479 e. The lowest BCUT2D eigenvalue weighted by Crippen LogP contribution is -2.57. The molecule has 0 spiro atoms. The molecular weight excluding hydrogens is 302 g/mol. The third-order valence-electron chi connectivity index (χ3n) is 3.65. The minimum absolute atomic E-state index is 0.0411.